The van der Waals surface area contributed by atoms with Gasteiger partial charge in [-0.05, 0) is 70.2 Å². The van der Waals surface area contributed by atoms with Gasteiger partial charge < -0.3 is 10.2 Å². The highest BCUT2D eigenvalue weighted by Crippen LogP contribution is 2.45. The quantitative estimate of drug-likeness (QED) is 0.722. The SMILES string of the molecule is CCNCCCN1CCC2(CCCC2)CC1. The predicted molar refractivity (Wildman–Crippen MR) is 69.7 cm³/mol. The maximum Gasteiger partial charge on any atom is -0.000663 e. The van der Waals surface area contributed by atoms with Crippen LogP contribution in [-0.4, -0.2) is 37.6 Å². The highest BCUT2D eigenvalue weighted by Gasteiger charge is 2.36. The molecule has 1 heterocycles. The van der Waals surface area contributed by atoms with Crippen LogP contribution in [0.2, 0.25) is 0 Å². The summed E-state index contributed by atoms with van der Waals surface area (Å²) < 4.78 is 0. The van der Waals surface area contributed by atoms with E-state index in [1.165, 1.54) is 71.1 Å². The van der Waals surface area contributed by atoms with Crippen molar-refractivity contribution >= 4 is 0 Å². The van der Waals surface area contributed by atoms with Gasteiger partial charge in [0.25, 0.3) is 0 Å². The summed E-state index contributed by atoms with van der Waals surface area (Å²) in [6.45, 7) is 8.54. The van der Waals surface area contributed by atoms with Crippen molar-refractivity contribution in [2.24, 2.45) is 5.41 Å². The van der Waals surface area contributed by atoms with Gasteiger partial charge in [-0.1, -0.05) is 19.8 Å². The first-order valence-electron chi connectivity index (χ1n) is 7.28. The molecule has 0 unspecified atom stereocenters. The summed E-state index contributed by atoms with van der Waals surface area (Å²) in [7, 11) is 0. The minimum Gasteiger partial charge on any atom is -0.317 e. The molecular weight excluding hydrogens is 196 g/mol. The molecule has 2 heteroatoms. The molecule has 2 nitrogen and oxygen atoms in total. The third kappa shape index (κ3) is 3.21. The Hall–Kier alpha value is -0.0800. The van der Waals surface area contributed by atoms with E-state index in [9.17, 15) is 0 Å². The van der Waals surface area contributed by atoms with Crippen molar-refractivity contribution in [3.05, 3.63) is 0 Å². The molecule has 0 atom stereocenters. The van der Waals surface area contributed by atoms with Crippen LogP contribution >= 0.6 is 0 Å². The first-order chi connectivity index (χ1) is 7.85. The van der Waals surface area contributed by atoms with Crippen molar-refractivity contribution in [2.75, 3.05) is 32.7 Å². The molecule has 0 radical (unpaired) electrons. The van der Waals surface area contributed by atoms with Gasteiger partial charge in [0, 0.05) is 0 Å². The summed E-state index contributed by atoms with van der Waals surface area (Å²) in [6, 6.07) is 0. The van der Waals surface area contributed by atoms with E-state index in [2.05, 4.69) is 17.1 Å². The number of nitrogens with one attached hydrogen (secondary N) is 1. The van der Waals surface area contributed by atoms with Gasteiger partial charge >= 0.3 is 0 Å². The van der Waals surface area contributed by atoms with E-state index in [-0.39, 0.29) is 0 Å². The smallest absolute Gasteiger partial charge is 0.000663 e. The number of hydrogen-bond acceptors (Lipinski definition) is 2. The van der Waals surface area contributed by atoms with Crippen LogP contribution in [0.3, 0.4) is 0 Å². The lowest BCUT2D eigenvalue weighted by Crippen LogP contribution is -2.39. The Kier molecular flexibility index (Phi) is 4.66. The molecule has 0 aromatic heterocycles. The largest absolute Gasteiger partial charge is 0.317 e. The van der Waals surface area contributed by atoms with E-state index in [1.54, 1.807) is 0 Å². The zero-order chi connectivity index (χ0) is 11.3. The molecule has 2 aliphatic rings. The lowest BCUT2D eigenvalue weighted by molar-refractivity contribution is 0.108. The monoisotopic (exact) mass is 224 g/mol. The summed E-state index contributed by atoms with van der Waals surface area (Å²) in [5.41, 5.74) is 0.790. The molecule has 1 saturated heterocycles. The molecule has 1 saturated carbocycles. The van der Waals surface area contributed by atoms with E-state index < -0.39 is 0 Å². The molecule has 1 spiro atoms. The van der Waals surface area contributed by atoms with Crippen LogP contribution in [0, 0.1) is 5.41 Å². The third-order valence-corrected chi connectivity index (χ3v) is 4.66. The molecule has 1 N–H and O–H groups in total. The molecule has 1 aliphatic heterocycles. The van der Waals surface area contributed by atoms with Crippen LogP contribution in [0.1, 0.15) is 51.9 Å². The second kappa shape index (κ2) is 6.02. The minimum atomic E-state index is 0.790. The zero-order valence-electron chi connectivity index (χ0n) is 10.9. The first kappa shape index (κ1) is 12.4. The van der Waals surface area contributed by atoms with Crippen molar-refractivity contribution < 1.29 is 0 Å². The lowest BCUT2D eigenvalue weighted by atomic mass is 9.77. The average molecular weight is 224 g/mol. The number of hydrogen-bond donors (Lipinski definition) is 1. The molecule has 1 aliphatic carbocycles. The van der Waals surface area contributed by atoms with E-state index in [4.69, 9.17) is 0 Å². The Morgan fingerprint density at radius 2 is 1.75 bits per heavy atom. The van der Waals surface area contributed by atoms with Crippen molar-refractivity contribution in [1.29, 1.82) is 0 Å². The Morgan fingerprint density at radius 1 is 1.06 bits per heavy atom. The second-order valence-corrected chi connectivity index (χ2v) is 5.76. The van der Waals surface area contributed by atoms with Crippen LogP contribution in [0.5, 0.6) is 0 Å². The van der Waals surface area contributed by atoms with Crippen LogP contribution in [-0.2, 0) is 0 Å². The van der Waals surface area contributed by atoms with Crippen molar-refractivity contribution in [3.8, 4) is 0 Å². The number of likely N-dealkylation sites (tertiary alicyclic amines) is 1. The van der Waals surface area contributed by atoms with E-state index in [0.717, 1.165) is 12.0 Å². The molecular formula is C14H28N2. The molecule has 0 amide bonds. The van der Waals surface area contributed by atoms with Crippen LogP contribution < -0.4 is 5.32 Å². The highest BCUT2D eigenvalue weighted by molar-refractivity contribution is 4.89. The maximum atomic E-state index is 3.41. The number of nitrogens with zero attached hydrogens (tertiary/aromatic N) is 1. The van der Waals surface area contributed by atoms with E-state index >= 15 is 0 Å². The highest BCUT2D eigenvalue weighted by atomic mass is 15.1. The second-order valence-electron chi connectivity index (χ2n) is 5.76. The fourth-order valence-electron chi connectivity index (χ4n) is 3.48. The Labute approximate surface area is 101 Å². The molecule has 16 heavy (non-hydrogen) atoms. The fraction of sp³-hybridized carbons (Fsp3) is 1.00. The zero-order valence-corrected chi connectivity index (χ0v) is 10.9. The van der Waals surface area contributed by atoms with Gasteiger partial charge in [0.05, 0.1) is 0 Å². The van der Waals surface area contributed by atoms with Gasteiger partial charge in [-0.3, -0.25) is 0 Å². The van der Waals surface area contributed by atoms with E-state index in [0.29, 0.717) is 0 Å². The van der Waals surface area contributed by atoms with Gasteiger partial charge in [0.2, 0.25) is 0 Å². The Bertz CT molecular complexity index is 187. The van der Waals surface area contributed by atoms with E-state index in [1.807, 2.05) is 0 Å². The van der Waals surface area contributed by atoms with Gasteiger partial charge in [-0.15, -0.1) is 0 Å². The predicted octanol–water partition coefficient (Wildman–Crippen LogP) is 2.64. The standard InChI is InChI=1S/C14H28N2/c1-2-15-10-5-11-16-12-8-14(9-13-16)6-3-4-7-14/h15H,2-13H2,1H3. The summed E-state index contributed by atoms with van der Waals surface area (Å²) in [4.78, 5) is 2.68. The van der Waals surface area contributed by atoms with Crippen LogP contribution in [0.15, 0.2) is 0 Å². The number of piperidine rings is 1. The molecule has 94 valence electrons. The molecule has 2 fully saturated rings. The Balaban J connectivity index is 1.61. The third-order valence-electron chi connectivity index (χ3n) is 4.66. The molecule has 0 aromatic rings. The average Bonchev–Trinajstić information content (AvgIpc) is 2.76. The summed E-state index contributed by atoms with van der Waals surface area (Å²) in [5, 5.41) is 3.41. The number of rotatable bonds is 5. The van der Waals surface area contributed by atoms with Crippen molar-refractivity contribution in [1.82, 2.24) is 10.2 Å². The van der Waals surface area contributed by atoms with Crippen LogP contribution in [0.4, 0.5) is 0 Å². The summed E-state index contributed by atoms with van der Waals surface area (Å²) in [5.74, 6) is 0. The van der Waals surface area contributed by atoms with Gasteiger partial charge in [0.1, 0.15) is 0 Å². The van der Waals surface area contributed by atoms with Gasteiger partial charge in [0.15, 0.2) is 0 Å². The van der Waals surface area contributed by atoms with Crippen molar-refractivity contribution in [2.45, 2.75) is 51.9 Å². The maximum absolute atomic E-state index is 3.41. The van der Waals surface area contributed by atoms with Crippen molar-refractivity contribution in [3.63, 3.8) is 0 Å². The van der Waals surface area contributed by atoms with Crippen LogP contribution in [0.25, 0.3) is 0 Å². The first-order valence-corrected chi connectivity index (χ1v) is 7.28. The summed E-state index contributed by atoms with van der Waals surface area (Å²) >= 11 is 0. The molecule has 2 rings (SSSR count). The summed E-state index contributed by atoms with van der Waals surface area (Å²) in [6.07, 6.45) is 10.3. The lowest BCUT2D eigenvalue weighted by Gasteiger charge is -2.39. The molecule has 0 bridgehead atoms. The van der Waals surface area contributed by atoms with Gasteiger partial charge in [-0.25, -0.2) is 0 Å². The minimum absolute atomic E-state index is 0.790. The van der Waals surface area contributed by atoms with Gasteiger partial charge in [-0.2, -0.15) is 0 Å². The topological polar surface area (TPSA) is 15.3 Å². The Morgan fingerprint density at radius 3 is 2.38 bits per heavy atom. The normalized spacial score (nSPS) is 25.3. The molecule has 0 aromatic carbocycles. The fourth-order valence-corrected chi connectivity index (χ4v) is 3.48.